The van der Waals surface area contributed by atoms with E-state index in [4.69, 9.17) is 0 Å². The highest BCUT2D eigenvalue weighted by molar-refractivity contribution is 5.43. The van der Waals surface area contributed by atoms with E-state index in [0.29, 0.717) is 12.0 Å². The Labute approximate surface area is 121 Å². The number of imidazole rings is 1. The maximum Gasteiger partial charge on any atom is 0.207 e. The second kappa shape index (κ2) is 5.70. The topological polar surface area (TPSA) is 29.9 Å². The molecule has 3 nitrogen and oxygen atoms in total. The maximum atomic E-state index is 4.47. The van der Waals surface area contributed by atoms with E-state index in [1.165, 1.54) is 36.9 Å². The minimum atomic E-state index is 0.572. The summed E-state index contributed by atoms with van der Waals surface area (Å²) in [6.45, 7) is 4.44. The molecular formula is C17H23N3. The Morgan fingerprint density at radius 3 is 2.50 bits per heavy atom. The molecule has 1 heterocycles. The van der Waals surface area contributed by atoms with Crippen LogP contribution in [0.3, 0.4) is 0 Å². The average Bonchev–Trinajstić information content (AvgIpc) is 3.11. The third-order valence-corrected chi connectivity index (χ3v) is 4.17. The Bertz CT molecular complexity index is 548. The lowest BCUT2D eigenvalue weighted by atomic mass is 10.0. The molecule has 0 unspecified atom stereocenters. The predicted octanol–water partition coefficient (Wildman–Crippen LogP) is 4.35. The van der Waals surface area contributed by atoms with Crippen LogP contribution in [0, 0.1) is 0 Å². The summed E-state index contributed by atoms with van der Waals surface area (Å²) < 4.78 is 2.14. The van der Waals surface area contributed by atoms with Crippen molar-refractivity contribution in [2.24, 2.45) is 0 Å². The number of nitrogens with zero attached hydrogens (tertiary/aromatic N) is 2. The summed E-state index contributed by atoms with van der Waals surface area (Å²) in [5.74, 6) is 1.54. The summed E-state index contributed by atoms with van der Waals surface area (Å²) in [4.78, 5) is 4.47. The number of aromatic nitrogens is 2. The molecule has 2 aromatic rings. The zero-order valence-corrected chi connectivity index (χ0v) is 12.3. The second-order valence-electron chi connectivity index (χ2n) is 5.99. The smallest absolute Gasteiger partial charge is 0.207 e. The summed E-state index contributed by atoms with van der Waals surface area (Å²) in [6, 6.07) is 9.36. The molecule has 106 valence electrons. The van der Waals surface area contributed by atoms with Crippen molar-refractivity contribution in [3.63, 3.8) is 0 Å². The summed E-state index contributed by atoms with van der Waals surface area (Å²) >= 11 is 0. The van der Waals surface area contributed by atoms with Crippen LogP contribution in [-0.2, 0) is 0 Å². The minimum absolute atomic E-state index is 0.572. The highest BCUT2D eigenvalue weighted by Gasteiger charge is 2.16. The number of anilines is 1. The lowest BCUT2D eigenvalue weighted by Gasteiger charge is -2.15. The third-order valence-electron chi connectivity index (χ3n) is 4.17. The van der Waals surface area contributed by atoms with Gasteiger partial charge in [-0.05, 0) is 36.5 Å². The molecule has 1 fully saturated rings. The van der Waals surface area contributed by atoms with Crippen molar-refractivity contribution in [2.75, 3.05) is 5.32 Å². The van der Waals surface area contributed by atoms with Gasteiger partial charge in [0.25, 0.3) is 0 Å². The number of rotatable bonds is 4. The fourth-order valence-electron chi connectivity index (χ4n) is 2.89. The summed E-state index contributed by atoms with van der Waals surface area (Å²) in [5.41, 5.74) is 2.55. The first-order valence-corrected chi connectivity index (χ1v) is 7.64. The van der Waals surface area contributed by atoms with Crippen molar-refractivity contribution < 1.29 is 0 Å². The molecule has 1 saturated carbocycles. The van der Waals surface area contributed by atoms with Crippen LogP contribution in [0.1, 0.15) is 51.0 Å². The van der Waals surface area contributed by atoms with E-state index in [2.05, 4.69) is 53.0 Å². The van der Waals surface area contributed by atoms with E-state index < -0.39 is 0 Å². The number of benzene rings is 1. The molecular weight excluding hydrogens is 246 g/mol. The van der Waals surface area contributed by atoms with Gasteiger partial charge in [0.15, 0.2) is 0 Å². The molecule has 0 saturated heterocycles. The van der Waals surface area contributed by atoms with Crippen LogP contribution in [-0.4, -0.2) is 15.6 Å². The van der Waals surface area contributed by atoms with Crippen LogP contribution < -0.4 is 5.32 Å². The summed E-state index contributed by atoms with van der Waals surface area (Å²) in [6.07, 6.45) is 9.09. The Hall–Kier alpha value is -1.77. The quantitative estimate of drug-likeness (QED) is 0.894. The van der Waals surface area contributed by atoms with Crippen molar-refractivity contribution in [1.29, 1.82) is 0 Å². The van der Waals surface area contributed by atoms with E-state index in [1.807, 2.05) is 12.4 Å². The van der Waals surface area contributed by atoms with Crippen molar-refractivity contribution in [3.8, 4) is 5.69 Å². The van der Waals surface area contributed by atoms with E-state index in [9.17, 15) is 0 Å². The molecule has 0 atom stereocenters. The zero-order valence-electron chi connectivity index (χ0n) is 12.3. The predicted molar refractivity (Wildman–Crippen MR) is 83.5 cm³/mol. The van der Waals surface area contributed by atoms with Gasteiger partial charge in [-0.1, -0.05) is 38.8 Å². The lowest BCUT2D eigenvalue weighted by molar-refractivity contribution is 0.740. The van der Waals surface area contributed by atoms with Crippen LogP contribution in [0.15, 0.2) is 36.7 Å². The van der Waals surface area contributed by atoms with E-state index >= 15 is 0 Å². The summed E-state index contributed by atoms with van der Waals surface area (Å²) in [7, 11) is 0. The van der Waals surface area contributed by atoms with Crippen molar-refractivity contribution in [1.82, 2.24) is 9.55 Å². The Kier molecular flexibility index (Phi) is 3.77. The zero-order chi connectivity index (χ0) is 13.9. The molecule has 1 aromatic heterocycles. The molecule has 3 heteroatoms. The Morgan fingerprint density at radius 2 is 1.85 bits per heavy atom. The van der Waals surface area contributed by atoms with Gasteiger partial charge >= 0.3 is 0 Å². The Morgan fingerprint density at radius 1 is 1.15 bits per heavy atom. The average molecular weight is 269 g/mol. The van der Waals surface area contributed by atoms with Crippen LogP contribution in [0.2, 0.25) is 0 Å². The molecule has 1 aromatic carbocycles. The van der Waals surface area contributed by atoms with Crippen LogP contribution >= 0.6 is 0 Å². The van der Waals surface area contributed by atoms with Gasteiger partial charge in [-0.15, -0.1) is 0 Å². The first-order valence-electron chi connectivity index (χ1n) is 7.64. The van der Waals surface area contributed by atoms with Gasteiger partial charge in [-0.25, -0.2) is 4.98 Å². The van der Waals surface area contributed by atoms with Crippen molar-refractivity contribution in [2.45, 2.75) is 51.5 Å². The first kappa shape index (κ1) is 13.2. The molecule has 1 N–H and O–H groups in total. The molecule has 0 bridgehead atoms. The minimum Gasteiger partial charge on any atom is -0.353 e. The van der Waals surface area contributed by atoms with Gasteiger partial charge in [0, 0.05) is 24.1 Å². The first-order chi connectivity index (χ1) is 9.74. The van der Waals surface area contributed by atoms with Gasteiger partial charge < -0.3 is 5.32 Å². The molecule has 3 rings (SSSR count). The largest absolute Gasteiger partial charge is 0.353 e. The monoisotopic (exact) mass is 269 g/mol. The molecule has 1 aliphatic carbocycles. The normalized spacial score (nSPS) is 15.9. The van der Waals surface area contributed by atoms with Gasteiger partial charge in [0.2, 0.25) is 5.95 Å². The standard InChI is InChI=1S/C17H23N3/c1-13(2)14-7-9-16(10-8-14)20-12-11-18-17(20)19-15-5-3-4-6-15/h7-13,15H,3-6H2,1-2H3,(H,18,19). The molecule has 0 amide bonds. The molecule has 0 aliphatic heterocycles. The van der Waals surface area contributed by atoms with Crippen molar-refractivity contribution in [3.05, 3.63) is 42.2 Å². The Balaban J connectivity index is 1.81. The molecule has 0 spiro atoms. The van der Waals surface area contributed by atoms with Crippen LogP contribution in [0.25, 0.3) is 5.69 Å². The number of hydrogen-bond acceptors (Lipinski definition) is 2. The van der Waals surface area contributed by atoms with Gasteiger partial charge in [0.05, 0.1) is 0 Å². The van der Waals surface area contributed by atoms with E-state index in [-0.39, 0.29) is 0 Å². The SMILES string of the molecule is CC(C)c1ccc(-n2ccnc2NC2CCCC2)cc1. The van der Waals surface area contributed by atoms with Crippen molar-refractivity contribution >= 4 is 5.95 Å². The third kappa shape index (κ3) is 2.72. The van der Waals surface area contributed by atoms with Gasteiger partial charge in [0.1, 0.15) is 0 Å². The molecule has 0 radical (unpaired) electrons. The van der Waals surface area contributed by atoms with Crippen LogP contribution in [0.4, 0.5) is 5.95 Å². The van der Waals surface area contributed by atoms with Gasteiger partial charge in [-0.3, -0.25) is 4.57 Å². The molecule has 1 aliphatic rings. The number of hydrogen-bond donors (Lipinski definition) is 1. The van der Waals surface area contributed by atoms with Gasteiger partial charge in [-0.2, -0.15) is 0 Å². The highest BCUT2D eigenvalue weighted by atomic mass is 15.2. The highest BCUT2D eigenvalue weighted by Crippen LogP contribution is 2.24. The second-order valence-corrected chi connectivity index (χ2v) is 5.99. The fraction of sp³-hybridized carbons (Fsp3) is 0.471. The maximum absolute atomic E-state index is 4.47. The van der Waals surface area contributed by atoms with Crippen LogP contribution in [0.5, 0.6) is 0 Å². The van der Waals surface area contributed by atoms with E-state index in [0.717, 1.165) is 5.95 Å². The summed E-state index contributed by atoms with van der Waals surface area (Å²) in [5, 5.41) is 3.58. The fourth-order valence-corrected chi connectivity index (χ4v) is 2.89. The van der Waals surface area contributed by atoms with E-state index in [1.54, 1.807) is 0 Å². The number of nitrogens with one attached hydrogen (secondary N) is 1. The lowest BCUT2D eigenvalue weighted by Crippen LogP contribution is -2.17. The molecule has 20 heavy (non-hydrogen) atoms.